The second-order valence-corrected chi connectivity index (χ2v) is 3.79. The van der Waals surface area contributed by atoms with Crippen LogP contribution in [-0.4, -0.2) is 24.3 Å². The number of halogens is 2. The summed E-state index contributed by atoms with van der Waals surface area (Å²) in [6.45, 7) is 3.00. The van der Waals surface area contributed by atoms with Gasteiger partial charge in [-0.1, -0.05) is 6.92 Å². The Hall–Kier alpha value is -1.00. The molecule has 1 atom stereocenters. The van der Waals surface area contributed by atoms with E-state index in [1.165, 1.54) is 12.1 Å². The molecule has 0 radical (unpaired) electrons. The minimum Gasteiger partial charge on any atom is -0.392 e. The minimum absolute atomic E-state index is 0.357. The highest BCUT2D eigenvalue weighted by molar-refractivity contribution is 5.18. The normalized spacial score (nSPS) is 12.8. The quantitative estimate of drug-likeness (QED) is 0.730. The van der Waals surface area contributed by atoms with E-state index in [0.29, 0.717) is 31.5 Å². The van der Waals surface area contributed by atoms with Crippen LogP contribution < -0.4 is 5.32 Å². The molecule has 2 nitrogen and oxygen atoms in total. The number of hydrogen-bond donors (Lipinski definition) is 2. The van der Waals surface area contributed by atoms with Crippen molar-refractivity contribution in [1.82, 2.24) is 5.32 Å². The van der Waals surface area contributed by atoms with Crippen LogP contribution >= 0.6 is 0 Å². The standard InChI is InChI=1S/C12H17F2NO/c1-2-12(16)8-15-4-3-9-5-10(13)7-11(14)6-9/h5-7,12,15-16H,2-4,8H2,1H3. The highest BCUT2D eigenvalue weighted by Gasteiger charge is 2.02. The predicted octanol–water partition coefficient (Wildman–Crippen LogP) is 1.87. The zero-order valence-electron chi connectivity index (χ0n) is 9.34. The summed E-state index contributed by atoms with van der Waals surface area (Å²) in [7, 11) is 0. The fourth-order valence-electron chi connectivity index (χ4n) is 1.40. The van der Waals surface area contributed by atoms with Gasteiger partial charge in [-0.25, -0.2) is 8.78 Å². The average Bonchev–Trinajstić information content (AvgIpc) is 2.22. The summed E-state index contributed by atoms with van der Waals surface area (Å²) in [5.41, 5.74) is 0.621. The summed E-state index contributed by atoms with van der Waals surface area (Å²) in [5.74, 6) is -1.10. The van der Waals surface area contributed by atoms with E-state index in [0.717, 1.165) is 6.07 Å². The molecule has 0 aliphatic carbocycles. The zero-order valence-corrected chi connectivity index (χ0v) is 9.34. The first kappa shape index (κ1) is 13.1. The maximum atomic E-state index is 12.8. The van der Waals surface area contributed by atoms with Crippen LogP contribution in [-0.2, 0) is 6.42 Å². The van der Waals surface area contributed by atoms with Crippen molar-refractivity contribution >= 4 is 0 Å². The molecular formula is C12H17F2NO. The van der Waals surface area contributed by atoms with Gasteiger partial charge >= 0.3 is 0 Å². The molecule has 0 saturated heterocycles. The molecular weight excluding hydrogens is 212 g/mol. The van der Waals surface area contributed by atoms with Gasteiger partial charge in [-0.05, 0) is 37.1 Å². The van der Waals surface area contributed by atoms with Crippen LogP contribution in [0.1, 0.15) is 18.9 Å². The lowest BCUT2D eigenvalue weighted by molar-refractivity contribution is 0.168. The van der Waals surface area contributed by atoms with Crippen molar-refractivity contribution in [1.29, 1.82) is 0 Å². The first-order valence-corrected chi connectivity index (χ1v) is 5.45. The van der Waals surface area contributed by atoms with Gasteiger partial charge in [0.1, 0.15) is 11.6 Å². The maximum absolute atomic E-state index is 12.8. The van der Waals surface area contributed by atoms with Crippen LogP contribution in [0.3, 0.4) is 0 Å². The lowest BCUT2D eigenvalue weighted by Gasteiger charge is -2.09. The largest absolute Gasteiger partial charge is 0.392 e. The summed E-state index contributed by atoms with van der Waals surface area (Å²) in [4.78, 5) is 0. The number of aliphatic hydroxyl groups excluding tert-OH is 1. The Morgan fingerprint density at radius 2 is 1.88 bits per heavy atom. The fraction of sp³-hybridized carbons (Fsp3) is 0.500. The van der Waals surface area contributed by atoms with E-state index in [1.54, 1.807) is 0 Å². The molecule has 0 spiro atoms. The van der Waals surface area contributed by atoms with Crippen LogP contribution in [0.4, 0.5) is 8.78 Å². The zero-order chi connectivity index (χ0) is 12.0. The Morgan fingerprint density at radius 1 is 1.25 bits per heavy atom. The second-order valence-electron chi connectivity index (χ2n) is 3.79. The summed E-state index contributed by atoms with van der Waals surface area (Å²) in [6, 6.07) is 3.50. The topological polar surface area (TPSA) is 32.3 Å². The SMILES string of the molecule is CCC(O)CNCCc1cc(F)cc(F)c1. The summed E-state index contributed by atoms with van der Waals surface area (Å²) < 4.78 is 25.6. The third-order valence-corrected chi connectivity index (χ3v) is 2.36. The van der Waals surface area contributed by atoms with Gasteiger partial charge in [-0.15, -0.1) is 0 Å². The molecule has 0 bridgehead atoms. The highest BCUT2D eigenvalue weighted by atomic mass is 19.1. The van der Waals surface area contributed by atoms with E-state index in [2.05, 4.69) is 5.32 Å². The monoisotopic (exact) mass is 229 g/mol. The Morgan fingerprint density at radius 3 is 2.44 bits per heavy atom. The molecule has 1 unspecified atom stereocenters. The smallest absolute Gasteiger partial charge is 0.126 e. The van der Waals surface area contributed by atoms with Crippen LogP contribution in [0.15, 0.2) is 18.2 Å². The van der Waals surface area contributed by atoms with Gasteiger partial charge in [-0.2, -0.15) is 0 Å². The molecule has 90 valence electrons. The van der Waals surface area contributed by atoms with E-state index in [4.69, 9.17) is 0 Å². The van der Waals surface area contributed by atoms with Crippen molar-refractivity contribution in [3.05, 3.63) is 35.4 Å². The molecule has 1 aromatic rings. The molecule has 0 saturated carbocycles. The number of benzene rings is 1. The molecule has 0 heterocycles. The summed E-state index contributed by atoms with van der Waals surface area (Å²) in [6.07, 6.45) is 0.886. The van der Waals surface area contributed by atoms with Gasteiger partial charge in [0.15, 0.2) is 0 Å². The van der Waals surface area contributed by atoms with Crippen LogP contribution in [0.5, 0.6) is 0 Å². The Labute approximate surface area is 94.3 Å². The molecule has 1 rings (SSSR count). The van der Waals surface area contributed by atoms with Crippen LogP contribution in [0, 0.1) is 11.6 Å². The summed E-state index contributed by atoms with van der Waals surface area (Å²) in [5, 5.41) is 12.3. The lowest BCUT2D eigenvalue weighted by Crippen LogP contribution is -2.27. The molecule has 0 aliphatic heterocycles. The highest BCUT2D eigenvalue weighted by Crippen LogP contribution is 2.08. The Kier molecular flexibility index (Phi) is 5.35. The average molecular weight is 229 g/mol. The molecule has 0 aliphatic rings. The van der Waals surface area contributed by atoms with Gasteiger partial charge in [-0.3, -0.25) is 0 Å². The molecule has 4 heteroatoms. The minimum atomic E-state index is -0.552. The van der Waals surface area contributed by atoms with E-state index < -0.39 is 11.6 Å². The second kappa shape index (κ2) is 6.55. The van der Waals surface area contributed by atoms with Crippen molar-refractivity contribution in [3.8, 4) is 0 Å². The van der Waals surface area contributed by atoms with E-state index in [9.17, 15) is 13.9 Å². The van der Waals surface area contributed by atoms with Gasteiger partial charge < -0.3 is 10.4 Å². The van der Waals surface area contributed by atoms with Gasteiger partial charge in [0, 0.05) is 12.6 Å². The van der Waals surface area contributed by atoms with E-state index in [-0.39, 0.29) is 6.10 Å². The molecule has 0 aromatic heterocycles. The third kappa shape index (κ3) is 4.68. The summed E-state index contributed by atoms with van der Waals surface area (Å²) >= 11 is 0. The van der Waals surface area contributed by atoms with Crippen molar-refractivity contribution in [2.24, 2.45) is 0 Å². The first-order valence-electron chi connectivity index (χ1n) is 5.45. The predicted molar refractivity (Wildman–Crippen MR) is 59.2 cm³/mol. The lowest BCUT2D eigenvalue weighted by atomic mass is 10.1. The van der Waals surface area contributed by atoms with Gasteiger partial charge in [0.25, 0.3) is 0 Å². The van der Waals surface area contributed by atoms with E-state index >= 15 is 0 Å². The Balaban J connectivity index is 2.32. The van der Waals surface area contributed by atoms with E-state index in [1.807, 2.05) is 6.92 Å². The van der Waals surface area contributed by atoms with Crippen molar-refractivity contribution in [3.63, 3.8) is 0 Å². The number of hydrogen-bond acceptors (Lipinski definition) is 2. The maximum Gasteiger partial charge on any atom is 0.126 e. The molecule has 0 amide bonds. The molecule has 0 fully saturated rings. The van der Waals surface area contributed by atoms with Gasteiger partial charge in [0.2, 0.25) is 0 Å². The number of aliphatic hydroxyl groups is 1. The molecule has 1 aromatic carbocycles. The first-order chi connectivity index (χ1) is 7.61. The van der Waals surface area contributed by atoms with Crippen molar-refractivity contribution in [2.45, 2.75) is 25.9 Å². The number of rotatable bonds is 6. The van der Waals surface area contributed by atoms with Crippen molar-refractivity contribution < 1.29 is 13.9 Å². The van der Waals surface area contributed by atoms with Gasteiger partial charge in [0.05, 0.1) is 6.10 Å². The Bertz CT molecular complexity index is 311. The molecule has 2 N–H and O–H groups in total. The molecule has 16 heavy (non-hydrogen) atoms. The van der Waals surface area contributed by atoms with Crippen LogP contribution in [0.2, 0.25) is 0 Å². The van der Waals surface area contributed by atoms with Crippen molar-refractivity contribution in [2.75, 3.05) is 13.1 Å². The number of nitrogens with one attached hydrogen (secondary N) is 1. The third-order valence-electron chi connectivity index (χ3n) is 2.36. The fourth-order valence-corrected chi connectivity index (χ4v) is 1.40. The van der Waals surface area contributed by atoms with Crippen LogP contribution in [0.25, 0.3) is 0 Å².